The van der Waals surface area contributed by atoms with E-state index in [-0.39, 0.29) is 0 Å². The summed E-state index contributed by atoms with van der Waals surface area (Å²) in [4.78, 5) is 11.9. The van der Waals surface area contributed by atoms with Gasteiger partial charge in [-0.2, -0.15) is 0 Å². The smallest absolute Gasteiger partial charge is 0.315 e. The third-order valence-electron chi connectivity index (χ3n) is 4.63. The van der Waals surface area contributed by atoms with E-state index in [0.717, 1.165) is 38.8 Å². The molecule has 4 rings (SSSR count). The highest BCUT2D eigenvalue weighted by Crippen LogP contribution is 2.49. The molecule has 0 saturated carbocycles. The van der Waals surface area contributed by atoms with Crippen molar-refractivity contribution in [2.45, 2.75) is 19.8 Å². The third kappa shape index (κ3) is 1.64. The van der Waals surface area contributed by atoms with Crippen molar-refractivity contribution in [2.24, 2.45) is 0 Å². The maximum absolute atomic E-state index is 11.9. The molecule has 108 valence electrons. The molecule has 0 spiro atoms. The van der Waals surface area contributed by atoms with Crippen LogP contribution in [-0.4, -0.2) is 11.1 Å². The Morgan fingerprint density at radius 1 is 0.955 bits per heavy atom. The number of aliphatic carboxylic acids is 1. The lowest BCUT2D eigenvalue weighted by Crippen LogP contribution is -2.10. The van der Waals surface area contributed by atoms with Gasteiger partial charge in [-0.3, -0.25) is 4.79 Å². The SMILES string of the molecule is Cc1ccc2c(c1)[C@@H](C(=O)O)c1cc(C)c3ccccc3c1-2. The third-order valence-corrected chi connectivity index (χ3v) is 4.63. The molecule has 3 aromatic rings. The van der Waals surface area contributed by atoms with Crippen molar-refractivity contribution in [1.29, 1.82) is 0 Å². The Balaban J connectivity index is 2.18. The van der Waals surface area contributed by atoms with E-state index in [9.17, 15) is 9.90 Å². The van der Waals surface area contributed by atoms with Gasteiger partial charge < -0.3 is 5.11 Å². The molecule has 2 nitrogen and oxygen atoms in total. The number of carbonyl (C=O) groups is 1. The summed E-state index contributed by atoms with van der Waals surface area (Å²) < 4.78 is 0. The van der Waals surface area contributed by atoms with Gasteiger partial charge in [-0.1, -0.05) is 54.1 Å². The van der Waals surface area contributed by atoms with Crippen LogP contribution in [0.4, 0.5) is 0 Å². The van der Waals surface area contributed by atoms with Crippen molar-refractivity contribution in [2.75, 3.05) is 0 Å². The topological polar surface area (TPSA) is 37.3 Å². The minimum atomic E-state index is -0.778. The van der Waals surface area contributed by atoms with Crippen molar-refractivity contribution in [1.82, 2.24) is 0 Å². The molecule has 0 bridgehead atoms. The zero-order valence-corrected chi connectivity index (χ0v) is 12.6. The van der Waals surface area contributed by atoms with E-state index in [1.165, 1.54) is 5.39 Å². The molecular weight excluding hydrogens is 272 g/mol. The van der Waals surface area contributed by atoms with E-state index in [2.05, 4.69) is 31.2 Å². The molecule has 1 atom stereocenters. The van der Waals surface area contributed by atoms with E-state index in [1.807, 2.05) is 31.2 Å². The van der Waals surface area contributed by atoms with E-state index in [4.69, 9.17) is 0 Å². The standard InChI is InChI=1S/C20H16O2/c1-11-7-8-15-16(9-11)19(20(21)22)17-10-12(2)13-5-3-4-6-14(13)18(15)17/h3-10,19H,1-2H3,(H,21,22)/t19-/m1/s1. The van der Waals surface area contributed by atoms with Gasteiger partial charge in [0.1, 0.15) is 5.92 Å². The predicted octanol–water partition coefficient (Wildman–Crippen LogP) is 4.65. The first-order chi connectivity index (χ1) is 10.6. The molecule has 0 amide bonds. The lowest BCUT2D eigenvalue weighted by molar-refractivity contribution is -0.137. The van der Waals surface area contributed by atoms with Crippen molar-refractivity contribution in [3.8, 4) is 11.1 Å². The maximum atomic E-state index is 11.9. The first-order valence-corrected chi connectivity index (χ1v) is 7.44. The van der Waals surface area contributed by atoms with Gasteiger partial charge >= 0.3 is 5.97 Å². The average Bonchev–Trinajstić information content (AvgIpc) is 2.80. The summed E-state index contributed by atoms with van der Waals surface area (Å²) >= 11 is 0. The van der Waals surface area contributed by atoms with Crippen LogP contribution in [0, 0.1) is 13.8 Å². The van der Waals surface area contributed by atoms with Crippen molar-refractivity contribution in [3.63, 3.8) is 0 Å². The second-order valence-corrected chi connectivity index (χ2v) is 6.07. The van der Waals surface area contributed by atoms with E-state index >= 15 is 0 Å². The molecule has 2 heteroatoms. The number of carboxylic acid groups (broad SMARTS) is 1. The Hall–Kier alpha value is -2.61. The average molecular weight is 288 g/mol. The van der Waals surface area contributed by atoms with Crippen LogP contribution in [0.1, 0.15) is 28.2 Å². The van der Waals surface area contributed by atoms with Gasteiger partial charge in [0.25, 0.3) is 0 Å². The van der Waals surface area contributed by atoms with Crippen LogP contribution in [0.2, 0.25) is 0 Å². The number of hydrogen-bond donors (Lipinski definition) is 1. The molecule has 0 radical (unpaired) electrons. The Kier molecular flexibility index (Phi) is 2.64. The summed E-state index contributed by atoms with van der Waals surface area (Å²) in [5.74, 6) is -1.34. The van der Waals surface area contributed by atoms with Crippen LogP contribution >= 0.6 is 0 Å². The monoisotopic (exact) mass is 288 g/mol. The molecule has 1 N–H and O–H groups in total. The van der Waals surface area contributed by atoms with Crippen molar-refractivity contribution >= 4 is 16.7 Å². The highest BCUT2D eigenvalue weighted by Gasteiger charge is 2.35. The number of benzene rings is 3. The highest BCUT2D eigenvalue weighted by atomic mass is 16.4. The fourth-order valence-corrected chi connectivity index (χ4v) is 3.69. The molecule has 0 heterocycles. The lowest BCUT2D eigenvalue weighted by Gasteiger charge is -2.11. The van der Waals surface area contributed by atoms with E-state index in [1.54, 1.807) is 0 Å². The first-order valence-electron chi connectivity index (χ1n) is 7.44. The lowest BCUT2D eigenvalue weighted by atomic mass is 9.92. The van der Waals surface area contributed by atoms with Gasteiger partial charge in [0.05, 0.1) is 0 Å². The van der Waals surface area contributed by atoms with Gasteiger partial charge in [0, 0.05) is 0 Å². The second kappa shape index (κ2) is 4.44. The van der Waals surface area contributed by atoms with Gasteiger partial charge in [0.2, 0.25) is 0 Å². The van der Waals surface area contributed by atoms with Gasteiger partial charge in [-0.15, -0.1) is 0 Å². The quantitative estimate of drug-likeness (QED) is 0.707. The van der Waals surface area contributed by atoms with Crippen LogP contribution < -0.4 is 0 Å². The Morgan fingerprint density at radius 2 is 1.68 bits per heavy atom. The summed E-state index contributed by atoms with van der Waals surface area (Å²) in [5.41, 5.74) is 6.21. The van der Waals surface area contributed by atoms with Crippen LogP contribution in [0.3, 0.4) is 0 Å². The molecule has 0 aliphatic heterocycles. The Morgan fingerprint density at radius 3 is 2.41 bits per heavy atom. The largest absolute Gasteiger partial charge is 0.481 e. The summed E-state index contributed by atoms with van der Waals surface area (Å²) in [7, 11) is 0. The predicted molar refractivity (Wildman–Crippen MR) is 88.3 cm³/mol. The fraction of sp³-hybridized carbons (Fsp3) is 0.150. The highest BCUT2D eigenvalue weighted by molar-refractivity contribution is 6.06. The number of rotatable bonds is 1. The van der Waals surface area contributed by atoms with Crippen LogP contribution in [0.15, 0.2) is 48.5 Å². The van der Waals surface area contributed by atoms with Crippen LogP contribution in [0.25, 0.3) is 21.9 Å². The summed E-state index contributed by atoms with van der Waals surface area (Å²) in [5, 5.41) is 12.1. The fourth-order valence-electron chi connectivity index (χ4n) is 3.69. The zero-order chi connectivity index (χ0) is 15.4. The molecular formula is C20H16O2. The normalized spacial score (nSPS) is 15.6. The van der Waals surface area contributed by atoms with E-state index < -0.39 is 11.9 Å². The number of hydrogen-bond acceptors (Lipinski definition) is 1. The molecule has 0 fully saturated rings. The molecule has 1 aliphatic rings. The minimum absolute atomic E-state index is 0.562. The summed E-state index contributed by atoms with van der Waals surface area (Å²) in [6.45, 7) is 4.06. The molecule has 3 aromatic carbocycles. The molecule has 0 unspecified atom stereocenters. The van der Waals surface area contributed by atoms with Crippen LogP contribution in [-0.2, 0) is 4.79 Å². The molecule has 0 aromatic heterocycles. The Bertz CT molecular complexity index is 938. The zero-order valence-electron chi connectivity index (χ0n) is 12.6. The van der Waals surface area contributed by atoms with Gasteiger partial charge in [-0.25, -0.2) is 0 Å². The molecule has 0 saturated heterocycles. The number of fused-ring (bicyclic) bond motifs is 5. The van der Waals surface area contributed by atoms with Gasteiger partial charge in [-0.05, 0) is 52.4 Å². The summed E-state index contributed by atoms with van der Waals surface area (Å²) in [6, 6.07) is 16.4. The number of carboxylic acids is 1. The van der Waals surface area contributed by atoms with Crippen molar-refractivity contribution < 1.29 is 9.90 Å². The van der Waals surface area contributed by atoms with E-state index in [0.29, 0.717) is 0 Å². The Labute approximate surface area is 129 Å². The summed E-state index contributed by atoms with van der Waals surface area (Å²) in [6.07, 6.45) is 0. The maximum Gasteiger partial charge on any atom is 0.315 e. The minimum Gasteiger partial charge on any atom is -0.481 e. The second-order valence-electron chi connectivity index (χ2n) is 6.07. The van der Waals surface area contributed by atoms with Crippen LogP contribution in [0.5, 0.6) is 0 Å². The van der Waals surface area contributed by atoms with Crippen molar-refractivity contribution in [3.05, 3.63) is 70.8 Å². The van der Waals surface area contributed by atoms with Gasteiger partial charge in [0.15, 0.2) is 0 Å². The molecule has 1 aliphatic carbocycles. The first kappa shape index (κ1) is 13.1. The number of aryl methyl sites for hydroxylation is 2. The molecule has 22 heavy (non-hydrogen) atoms.